The molecule has 7 heteroatoms. The first-order valence-electron chi connectivity index (χ1n) is 10.1. The van der Waals surface area contributed by atoms with Gasteiger partial charge in [-0.3, -0.25) is 14.5 Å². The Morgan fingerprint density at radius 1 is 1.07 bits per heavy atom. The van der Waals surface area contributed by atoms with Gasteiger partial charge in [-0.1, -0.05) is 24.1 Å². The number of carbonyl (C=O) groups is 2. The smallest absolute Gasteiger partial charge is 0.243 e. The minimum atomic E-state index is -0.246. The van der Waals surface area contributed by atoms with E-state index in [1.165, 1.54) is 0 Å². The van der Waals surface area contributed by atoms with E-state index in [2.05, 4.69) is 15.5 Å². The maximum absolute atomic E-state index is 12.4. The van der Waals surface area contributed by atoms with Crippen LogP contribution in [0.25, 0.3) is 0 Å². The number of anilines is 1. The highest BCUT2D eigenvalue weighted by atomic mass is 16.7. The predicted octanol–water partition coefficient (Wildman–Crippen LogP) is 1.89. The zero-order chi connectivity index (χ0) is 20.1. The van der Waals surface area contributed by atoms with Crippen molar-refractivity contribution in [3.63, 3.8) is 0 Å². The van der Waals surface area contributed by atoms with Crippen LogP contribution in [0, 0.1) is 20.8 Å². The van der Waals surface area contributed by atoms with Gasteiger partial charge in [-0.2, -0.15) is 0 Å². The molecule has 0 aromatic heterocycles. The van der Waals surface area contributed by atoms with E-state index < -0.39 is 0 Å². The van der Waals surface area contributed by atoms with Crippen molar-refractivity contribution in [3.05, 3.63) is 28.8 Å². The first kappa shape index (κ1) is 20.8. The van der Waals surface area contributed by atoms with Gasteiger partial charge in [-0.25, -0.2) is 0 Å². The molecule has 7 nitrogen and oxygen atoms in total. The fourth-order valence-electron chi connectivity index (χ4n) is 4.10. The van der Waals surface area contributed by atoms with E-state index in [-0.39, 0.29) is 37.2 Å². The van der Waals surface area contributed by atoms with Gasteiger partial charge in [-0.05, 0) is 51.3 Å². The lowest BCUT2D eigenvalue weighted by atomic mass is 10.0. The van der Waals surface area contributed by atoms with E-state index >= 15 is 0 Å². The fraction of sp³-hybridized carbons (Fsp3) is 0.619. The predicted molar refractivity (Wildman–Crippen MR) is 107 cm³/mol. The number of rotatable bonds is 6. The Labute approximate surface area is 166 Å². The summed E-state index contributed by atoms with van der Waals surface area (Å²) in [6, 6.07) is 4.17. The average molecular weight is 389 g/mol. The summed E-state index contributed by atoms with van der Waals surface area (Å²) >= 11 is 0. The Balaban J connectivity index is 1.49. The van der Waals surface area contributed by atoms with Crippen LogP contribution in [0.15, 0.2) is 12.1 Å². The van der Waals surface area contributed by atoms with Gasteiger partial charge in [0.1, 0.15) is 0 Å². The summed E-state index contributed by atoms with van der Waals surface area (Å²) in [5.41, 5.74) is 4.01. The number of nitrogens with zero attached hydrogens (tertiary/aromatic N) is 1. The Kier molecular flexibility index (Phi) is 7.04. The Morgan fingerprint density at radius 2 is 1.75 bits per heavy atom. The van der Waals surface area contributed by atoms with E-state index in [1.807, 2.05) is 32.9 Å². The molecule has 2 fully saturated rings. The number of hydrogen-bond acceptors (Lipinski definition) is 5. The van der Waals surface area contributed by atoms with Crippen LogP contribution in [0.1, 0.15) is 36.0 Å². The molecule has 2 heterocycles. The lowest BCUT2D eigenvalue weighted by molar-refractivity contribution is -0.132. The normalized spacial score (nSPS) is 20.9. The monoisotopic (exact) mass is 389 g/mol. The number of piperidine rings is 1. The molecule has 2 aliphatic heterocycles. The molecule has 2 aliphatic rings. The van der Waals surface area contributed by atoms with Crippen LogP contribution in [-0.2, 0) is 19.1 Å². The Morgan fingerprint density at radius 3 is 2.43 bits per heavy atom. The van der Waals surface area contributed by atoms with Crippen molar-refractivity contribution in [1.82, 2.24) is 10.2 Å². The van der Waals surface area contributed by atoms with E-state index in [9.17, 15) is 9.59 Å². The third-order valence-electron chi connectivity index (χ3n) is 5.36. The van der Waals surface area contributed by atoms with Crippen LogP contribution >= 0.6 is 0 Å². The molecule has 1 atom stereocenters. The lowest BCUT2D eigenvalue weighted by Crippen LogP contribution is -2.51. The molecule has 1 unspecified atom stereocenters. The molecule has 154 valence electrons. The number of benzene rings is 1. The topological polar surface area (TPSA) is 79.9 Å². The number of nitrogens with one attached hydrogen (secondary N) is 2. The number of ether oxygens (including phenoxy) is 2. The summed E-state index contributed by atoms with van der Waals surface area (Å²) in [5, 5.41) is 5.65. The molecule has 0 aliphatic carbocycles. The van der Waals surface area contributed by atoms with Crippen molar-refractivity contribution in [1.29, 1.82) is 0 Å². The maximum atomic E-state index is 12.4. The van der Waals surface area contributed by atoms with Crippen molar-refractivity contribution in [3.8, 4) is 0 Å². The van der Waals surface area contributed by atoms with Crippen molar-refractivity contribution in [2.75, 3.05) is 38.2 Å². The second-order valence-electron chi connectivity index (χ2n) is 7.74. The molecule has 0 bridgehead atoms. The van der Waals surface area contributed by atoms with Crippen molar-refractivity contribution in [2.24, 2.45) is 0 Å². The fourth-order valence-corrected chi connectivity index (χ4v) is 4.10. The molecule has 2 saturated heterocycles. The number of aryl methyl sites for hydroxylation is 3. The van der Waals surface area contributed by atoms with Crippen LogP contribution in [0.4, 0.5) is 5.69 Å². The molecule has 28 heavy (non-hydrogen) atoms. The van der Waals surface area contributed by atoms with Gasteiger partial charge >= 0.3 is 0 Å². The van der Waals surface area contributed by atoms with Gasteiger partial charge in [-0.15, -0.1) is 0 Å². The van der Waals surface area contributed by atoms with Crippen LogP contribution in [0.3, 0.4) is 0 Å². The first-order chi connectivity index (χ1) is 13.4. The Hall–Kier alpha value is -1.96. The molecular weight excluding hydrogens is 358 g/mol. The largest absolute Gasteiger partial charge is 0.349 e. The van der Waals surface area contributed by atoms with Crippen molar-refractivity contribution >= 4 is 17.5 Å². The standard InChI is InChI=1S/C21H31N3O4/c1-14-10-15(2)20(16(3)11-14)23-18(25)12-22-19(26)13-24-7-5-4-6-17(24)21-27-8-9-28-21/h10-11,17,21H,4-9,12-13H2,1-3H3,(H,22,26)(H,23,25). The number of likely N-dealkylation sites (tertiary alicyclic amines) is 1. The van der Waals surface area contributed by atoms with Crippen molar-refractivity contribution < 1.29 is 19.1 Å². The molecule has 3 rings (SSSR count). The van der Waals surface area contributed by atoms with Gasteiger partial charge in [0.25, 0.3) is 0 Å². The third kappa shape index (κ3) is 5.31. The molecule has 2 amide bonds. The van der Waals surface area contributed by atoms with Crippen LogP contribution in [0.2, 0.25) is 0 Å². The van der Waals surface area contributed by atoms with Gasteiger partial charge in [0.05, 0.1) is 32.3 Å². The highest BCUT2D eigenvalue weighted by molar-refractivity contribution is 5.96. The van der Waals surface area contributed by atoms with E-state index in [0.29, 0.717) is 13.2 Å². The second kappa shape index (κ2) is 9.49. The molecule has 2 N–H and O–H groups in total. The number of hydrogen-bond donors (Lipinski definition) is 2. The first-order valence-corrected chi connectivity index (χ1v) is 10.1. The molecule has 0 radical (unpaired) electrons. The van der Waals surface area contributed by atoms with Crippen LogP contribution < -0.4 is 10.6 Å². The maximum Gasteiger partial charge on any atom is 0.243 e. The summed E-state index contributed by atoms with van der Waals surface area (Å²) in [7, 11) is 0. The average Bonchev–Trinajstić information content (AvgIpc) is 3.18. The quantitative estimate of drug-likeness (QED) is 0.777. The molecule has 1 aromatic carbocycles. The van der Waals surface area contributed by atoms with Gasteiger partial charge in [0.15, 0.2) is 6.29 Å². The van der Waals surface area contributed by atoms with Crippen molar-refractivity contribution in [2.45, 2.75) is 52.4 Å². The highest BCUT2D eigenvalue weighted by Crippen LogP contribution is 2.24. The SMILES string of the molecule is Cc1cc(C)c(NC(=O)CNC(=O)CN2CCCCC2C2OCCO2)c(C)c1. The molecule has 1 aromatic rings. The Bertz CT molecular complexity index is 693. The van der Waals surface area contributed by atoms with E-state index in [1.54, 1.807) is 0 Å². The van der Waals surface area contributed by atoms with Gasteiger partial charge < -0.3 is 20.1 Å². The van der Waals surface area contributed by atoms with Crippen LogP contribution in [-0.4, -0.2) is 61.9 Å². The minimum absolute atomic E-state index is 0.0411. The lowest BCUT2D eigenvalue weighted by Gasteiger charge is -2.37. The van der Waals surface area contributed by atoms with Gasteiger partial charge in [0, 0.05) is 5.69 Å². The van der Waals surface area contributed by atoms with Crippen LogP contribution in [0.5, 0.6) is 0 Å². The zero-order valence-corrected chi connectivity index (χ0v) is 17.0. The van der Waals surface area contributed by atoms with E-state index in [0.717, 1.165) is 48.2 Å². The summed E-state index contributed by atoms with van der Waals surface area (Å²) < 4.78 is 11.3. The minimum Gasteiger partial charge on any atom is -0.349 e. The summed E-state index contributed by atoms with van der Waals surface area (Å²) in [6.07, 6.45) is 2.89. The molecule has 0 spiro atoms. The molecular formula is C21H31N3O4. The van der Waals surface area contributed by atoms with E-state index in [4.69, 9.17) is 9.47 Å². The van der Waals surface area contributed by atoms with Gasteiger partial charge in [0.2, 0.25) is 11.8 Å². The summed E-state index contributed by atoms with van der Waals surface area (Å²) in [6.45, 7) is 8.25. The number of amides is 2. The second-order valence-corrected chi connectivity index (χ2v) is 7.74. The molecule has 0 saturated carbocycles. The zero-order valence-electron chi connectivity index (χ0n) is 17.0. The summed E-state index contributed by atoms with van der Waals surface area (Å²) in [4.78, 5) is 26.8. The number of carbonyl (C=O) groups excluding carboxylic acids is 2. The third-order valence-corrected chi connectivity index (χ3v) is 5.36. The highest BCUT2D eigenvalue weighted by Gasteiger charge is 2.34. The summed E-state index contributed by atoms with van der Waals surface area (Å²) in [5.74, 6) is -0.376.